The number of thiophene rings is 1. The normalized spacial score (nSPS) is 17.4. The Morgan fingerprint density at radius 3 is 2.59 bits per heavy atom. The molecule has 1 saturated heterocycles. The van der Waals surface area contributed by atoms with E-state index in [1.54, 1.807) is 0 Å². The maximum atomic E-state index is 6.64. The second kappa shape index (κ2) is 7.01. The van der Waals surface area contributed by atoms with E-state index in [1.807, 2.05) is 25.4 Å². The zero-order chi connectivity index (χ0) is 15.5. The van der Waals surface area contributed by atoms with Gasteiger partial charge in [0.15, 0.2) is 0 Å². The van der Waals surface area contributed by atoms with Crippen LogP contribution in [0.15, 0.2) is 35.7 Å². The van der Waals surface area contributed by atoms with Crippen LogP contribution in [0.25, 0.3) is 0 Å². The first-order valence-corrected chi connectivity index (χ1v) is 8.87. The van der Waals surface area contributed by atoms with E-state index in [0.717, 1.165) is 36.9 Å². The minimum absolute atomic E-state index is 0.255. The van der Waals surface area contributed by atoms with E-state index in [2.05, 4.69) is 50.8 Å². The van der Waals surface area contributed by atoms with Gasteiger partial charge in [0.2, 0.25) is 0 Å². The molecule has 1 aromatic carbocycles. The van der Waals surface area contributed by atoms with Gasteiger partial charge in [-0.1, -0.05) is 23.7 Å². The molecular formula is C17H22ClN3S. The third kappa shape index (κ3) is 3.30. The summed E-state index contributed by atoms with van der Waals surface area (Å²) in [5.41, 5.74) is 2.34. The molecule has 1 atom stereocenters. The molecule has 1 aliphatic rings. The van der Waals surface area contributed by atoms with E-state index in [4.69, 9.17) is 11.6 Å². The third-order valence-corrected chi connectivity index (χ3v) is 5.38. The van der Waals surface area contributed by atoms with Crippen molar-refractivity contribution in [2.45, 2.75) is 6.04 Å². The molecule has 0 unspecified atom stereocenters. The number of halogens is 1. The molecule has 0 saturated carbocycles. The quantitative estimate of drug-likeness (QED) is 0.923. The smallest absolute Gasteiger partial charge is 0.0711 e. The van der Waals surface area contributed by atoms with E-state index < -0.39 is 0 Å². The molecule has 1 fully saturated rings. The highest BCUT2D eigenvalue weighted by Gasteiger charge is 2.26. The van der Waals surface area contributed by atoms with Crippen molar-refractivity contribution in [3.63, 3.8) is 0 Å². The zero-order valence-corrected chi connectivity index (χ0v) is 14.6. The Morgan fingerprint density at radius 1 is 1.23 bits per heavy atom. The number of hydrogen-bond donors (Lipinski definition) is 1. The summed E-state index contributed by atoms with van der Waals surface area (Å²) in [6.45, 7) is 4.17. The van der Waals surface area contributed by atoms with Gasteiger partial charge in [-0.2, -0.15) is 0 Å². The number of piperazine rings is 1. The Kier molecular flexibility index (Phi) is 5.03. The molecule has 22 heavy (non-hydrogen) atoms. The molecule has 2 aromatic rings. The van der Waals surface area contributed by atoms with Crippen LogP contribution in [0, 0.1) is 0 Å². The number of hydrogen-bond acceptors (Lipinski definition) is 4. The monoisotopic (exact) mass is 335 g/mol. The number of nitrogens with one attached hydrogen (secondary N) is 1. The van der Waals surface area contributed by atoms with E-state index in [0.29, 0.717) is 0 Å². The maximum absolute atomic E-state index is 6.64. The molecule has 3 rings (SSSR count). The van der Waals surface area contributed by atoms with Gasteiger partial charge in [-0.05, 0) is 29.1 Å². The average molecular weight is 336 g/mol. The van der Waals surface area contributed by atoms with E-state index >= 15 is 0 Å². The van der Waals surface area contributed by atoms with Gasteiger partial charge in [0.05, 0.1) is 6.04 Å². The summed E-state index contributed by atoms with van der Waals surface area (Å²) in [5, 5.41) is 6.42. The molecule has 1 N–H and O–H groups in total. The fourth-order valence-corrected chi connectivity index (χ4v) is 4.09. The number of nitrogens with zero attached hydrogens (tertiary/aromatic N) is 2. The van der Waals surface area contributed by atoms with Crippen LogP contribution < -0.4 is 10.2 Å². The molecule has 3 nitrogen and oxygen atoms in total. The largest absolute Gasteiger partial charge is 0.378 e. The van der Waals surface area contributed by atoms with Crippen molar-refractivity contribution in [1.29, 1.82) is 0 Å². The van der Waals surface area contributed by atoms with Crippen LogP contribution in [0.4, 0.5) is 5.69 Å². The molecule has 0 amide bonds. The Morgan fingerprint density at radius 2 is 2.00 bits per heavy atom. The van der Waals surface area contributed by atoms with Gasteiger partial charge in [-0.25, -0.2) is 0 Å². The summed E-state index contributed by atoms with van der Waals surface area (Å²) < 4.78 is 0. The molecule has 0 radical (unpaired) electrons. The van der Waals surface area contributed by atoms with Crippen molar-refractivity contribution in [3.05, 3.63) is 51.2 Å². The van der Waals surface area contributed by atoms with Crippen LogP contribution >= 0.6 is 22.9 Å². The molecule has 5 heteroatoms. The van der Waals surface area contributed by atoms with Crippen LogP contribution in [0.5, 0.6) is 0 Å². The van der Waals surface area contributed by atoms with E-state index in [1.165, 1.54) is 10.4 Å². The summed E-state index contributed by atoms with van der Waals surface area (Å²) in [6, 6.07) is 11.0. The van der Waals surface area contributed by atoms with Crippen LogP contribution in [-0.4, -0.2) is 45.2 Å². The SMILES string of the molecule is CN(C)c1ccc([C@H](c2cccs2)N2CCNCC2)c(Cl)c1. The first-order chi connectivity index (χ1) is 10.7. The minimum atomic E-state index is 0.255. The van der Waals surface area contributed by atoms with Crippen LogP contribution in [-0.2, 0) is 0 Å². The van der Waals surface area contributed by atoms with E-state index in [-0.39, 0.29) is 6.04 Å². The molecular weight excluding hydrogens is 314 g/mol. The summed E-state index contributed by atoms with van der Waals surface area (Å²) in [6.07, 6.45) is 0. The molecule has 2 heterocycles. The van der Waals surface area contributed by atoms with Crippen LogP contribution in [0.2, 0.25) is 5.02 Å². The van der Waals surface area contributed by atoms with Gasteiger partial charge in [-0.15, -0.1) is 11.3 Å². The summed E-state index contributed by atoms with van der Waals surface area (Å²) >= 11 is 8.45. The molecule has 0 aliphatic carbocycles. The lowest BCUT2D eigenvalue weighted by Crippen LogP contribution is -2.45. The van der Waals surface area contributed by atoms with Crippen molar-refractivity contribution >= 4 is 28.6 Å². The Hall–Kier alpha value is -1.07. The fourth-order valence-electron chi connectivity index (χ4n) is 2.93. The molecule has 1 aromatic heterocycles. The third-order valence-electron chi connectivity index (χ3n) is 4.12. The lowest BCUT2D eigenvalue weighted by molar-refractivity contribution is 0.201. The number of rotatable bonds is 4. The lowest BCUT2D eigenvalue weighted by atomic mass is 10.0. The Labute approximate surface area is 141 Å². The van der Waals surface area contributed by atoms with Crippen molar-refractivity contribution in [2.24, 2.45) is 0 Å². The second-order valence-electron chi connectivity index (χ2n) is 5.80. The van der Waals surface area contributed by atoms with Gasteiger partial charge in [0.25, 0.3) is 0 Å². The van der Waals surface area contributed by atoms with Gasteiger partial charge >= 0.3 is 0 Å². The fraction of sp³-hybridized carbons (Fsp3) is 0.412. The predicted octanol–water partition coefficient (Wildman–Crippen LogP) is 3.46. The highest BCUT2D eigenvalue weighted by atomic mass is 35.5. The van der Waals surface area contributed by atoms with Crippen molar-refractivity contribution < 1.29 is 0 Å². The summed E-state index contributed by atoms with van der Waals surface area (Å²) in [4.78, 5) is 5.97. The molecule has 0 bridgehead atoms. The second-order valence-corrected chi connectivity index (χ2v) is 7.19. The molecule has 118 valence electrons. The molecule has 0 spiro atoms. The standard InChI is InChI=1S/C17H22ClN3S/c1-20(2)13-5-6-14(15(18)12-13)17(16-4-3-11-22-16)21-9-7-19-8-10-21/h3-6,11-12,17,19H,7-10H2,1-2H3/t17-/m1/s1. The summed E-state index contributed by atoms with van der Waals surface area (Å²) in [7, 11) is 4.08. The average Bonchev–Trinajstić information content (AvgIpc) is 3.04. The first kappa shape index (κ1) is 15.8. The first-order valence-electron chi connectivity index (χ1n) is 7.62. The van der Waals surface area contributed by atoms with Crippen LogP contribution in [0.3, 0.4) is 0 Å². The number of benzene rings is 1. The van der Waals surface area contributed by atoms with Crippen LogP contribution in [0.1, 0.15) is 16.5 Å². The van der Waals surface area contributed by atoms with E-state index in [9.17, 15) is 0 Å². The van der Waals surface area contributed by atoms with Gasteiger partial charge in [0.1, 0.15) is 0 Å². The Balaban J connectivity index is 1.98. The predicted molar refractivity (Wildman–Crippen MR) is 96.4 cm³/mol. The summed E-state index contributed by atoms with van der Waals surface area (Å²) in [5.74, 6) is 0. The van der Waals surface area contributed by atoms with Crippen molar-refractivity contribution in [1.82, 2.24) is 10.2 Å². The topological polar surface area (TPSA) is 18.5 Å². The molecule has 1 aliphatic heterocycles. The minimum Gasteiger partial charge on any atom is -0.378 e. The highest BCUT2D eigenvalue weighted by Crippen LogP contribution is 2.37. The number of anilines is 1. The maximum Gasteiger partial charge on any atom is 0.0711 e. The van der Waals surface area contributed by atoms with Crippen molar-refractivity contribution in [2.75, 3.05) is 45.2 Å². The van der Waals surface area contributed by atoms with Gasteiger partial charge < -0.3 is 10.2 Å². The zero-order valence-electron chi connectivity index (χ0n) is 13.1. The van der Waals surface area contributed by atoms with Gasteiger partial charge in [-0.3, -0.25) is 4.90 Å². The Bertz CT molecular complexity index is 606. The van der Waals surface area contributed by atoms with Crippen molar-refractivity contribution in [3.8, 4) is 0 Å². The highest BCUT2D eigenvalue weighted by molar-refractivity contribution is 7.10. The lowest BCUT2D eigenvalue weighted by Gasteiger charge is -2.35. The van der Waals surface area contributed by atoms with Gasteiger partial charge in [0, 0.05) is 55.9 Å².